The second-order valence-electron chi connectivity index (χ2n) is 5.46. The molecular formula is C19H24IN. The molecule has 1 atom stereocenters. The Balaban J connectivity index is 2.24. The monoisotopic (exact) mass is 393 g/mol. The summed E-state index contributed by atoms with van der Waals surface area (Å²) in [5.41, 5.74) is 5.58. The lowest BCUT2D eigenvalue weighted by Gasteiger charge is -2.21. The number of likely N-dealkylation sites (N-methyl/N-ethyl adjacent to an activating group) is 1. The van der Waals surface area contributed by atoms with Gasteiger partial charge in [0.15, 0.2) is 0 Å². The molecule has 0 aliphatic heterocycles. The second kappa shape index (κ2) is 7.95. The SMILES string of the molecule is CCNC(Cc1ccc(CC)cc1)c1cccc(C)c1I. The van der Waals surface area contributed by atoms with E-state index in [9.17, 15) is 0 Å². The lowest BCUT2D eigenvalue weighted by molar-refractivity contribution is 0.547. The van der Waals surface area contributed by atoms with Gasteiger partial charge in [0.05, 0.1) is 0 Å². The van der Waals surface area contributed by atoms with Crippen LogP contribution in [0.15, 0.2) is 42.5 Å². The van der Waals surface area contributed by atoms with Crippen LogP contribution in [0.5, 0.6) is 0 Å². The smallest absolute Gasteiger partial charge is 0.0371 e. The van der Waals surface area contributed by atoms with Gasteiger partial charge in [-0.3, -0.25) is 0 Å². The topological polar surface area (TPSA) is 12.0 Å². The highest BCUT2D eigenvalue weighted by molar-refractivity contribution is 14.1. The Morgan fingerprint density at radius 3 is 2.29 bits per heavy atom. The third-order valence-electron chi connectivity index (χ3n) is 3.92. The van der Waals surface area contributed by atoms with Crippen molar-refractivity contribution in [3.8, 4) is 0 Å². The van der Waals surface area contributed by atoms with Crippen molar-refractivity contribution in [1.82, 2.24) is 5.32 Å². The highest BCUT2D eigenvalue weighted by Crippen LogP contribution is 2.26. The van der Waals surface area contributed by atoms with E-state index in [-0.39, 0.29) is 0 Å². The number of benzene rings is 2. The first-order valence-corrected chi connectivity index (χ1v) is 8.79. The molecule has 2 rings (SSSR count). The first-order chi connectivity index (χ1) is 10.2. The van der Waals surface area contributed by atoms with Gasteiger partial charge in [-0.1, -0.05) is 56.3 Å². The van der Waals surface area contributed by atoms with Crippen molar-refractivity contribution < 1.29 is 0 Å². The van der Waals surface area contributed by atoms with E-state index in [1.165, 1.54) is 25.8 Å². The van der Waals surface area contributed by atoms with E-state index in [1.807, 2.05) is 0 Å². The van der Waals surface area contributed by atoms with E-state index < -0.39 is 0 Å². The van der Waals surface area contributed by atoms with Crippen LogP contribution in [0.3, 0.4) is 0 Å². The number of halogens is 1. The normalized spacial score (nSPS) is 12.4. The number of aryl methyl sites for hydroxylation is 2. The summed E-state index contributed by atoms with van der Waals surface area (Å²) in [5.74, 6) is 0. The fraction of sp³-hybridized carbons (Fsp3) is 0.368. The first kappa shape index (κ1) is 16.5. The molecule has 112 valence electrons. The van der Waals surface area contributed by atoms with Gasteiger partial charge in [-0.05, 0) is 71.2 Å². The summed E-state index contributed by atoms with van der Waals surface area (Å²) in [4.78, 5) is 0. The molecule has 2 heteroatoms. The zero-order valence-corrected chi connectivity index (χ0v) is 15.3. The van der Waals surface area contributed by atoms with Crippen molar-refractivity contribution in [2.24, 2.45) is 0 Å². The molecule has 0 spiro atoms. The van der Waals surface area contributed by atoms with Gasteiger partial charge in [-0.25, -0.2) is 0 Å². The van der Waals surface area contributed by atoms with Crippen LogP contribution in [0.1, 0.15) is 42.1 Å². The molecule has 0 saturated heterocycles. The molecule has 0 amide bonds. The van der Waals surface area contributed by atoms with Gasteiger partial charge in [0.1, 0.15) is 0 Å². The summed E-state index contributed by atoms with van der Waals surface area (Å²) in [5, 5.41) is 3.64. The van der Waals surface area contributed by atoms with Crippen LogP contribution in [0.25, 0.3) is 0 Å². The number of hydrogen-bond acceptors (Lipinski definition) is 1. The van der Waals surface area contributed by atoms with Crippen LogP contribution in [0.4, 0.5) is 0 Å². The Bertz CT molecular complexity index is 575. The average Bonchev–Trinajstić information content (AvgIpc) is 2.50. The van der Waals surface area contributed by atoms with Crippen LogP contribution in [-0.4, -0.2) is 6.54 Å². The van der Waals surface area contributed by atoms with Crippen LogP contribution >= 0.6 is 22.6 Å². The van der Waals surface area contributed by atoms with Crippen LogP contribution < -0.4 is 5.32 Å². The van der Waals surface area contributed by atoms with Crippen molar-refractivity contribution in [3.63, 3.8) is 0 Å². The predicted molar refractivity (Wildman–Crippen MR) is 99.8 cm³/mol. The molecule has 1 unspecified atom stereocenters. The molecule has 21 heavy (non-hydrogen) atoms. The summed E-state index contributed by atoms with van der Waals surface area (Å²) < 4.78 is 1.38. The fourth-order valence-electron chi connectivity index (χ4n) is 2.62. The molecule has 0 fully saturated rings. The van der Waals surface area contributed by atoms with Gasteiger partial charge in [-0.15, -0.1) is 0 Å². The van der Waals surface area contributed by atoms with Crippen LogP contribution in [-0.2, 0) is 12.8 Å². The highest BCUT2D eigenvalue weighted by atomic mass is 127. The van der Waals surface area contributed by atoms with Crippen LogP contribution in [0, 0.1) is 10.5 Å². The maximum Gasteiger partial charge on any atom is 0.0371 e. The van der Waals surface area contributed by atoms with Gasteiger partial charge in [0.2, 0.25) is 0 Å². The molecule has 0 aliphatic carbocycles. The van der Waals surface area contributed by atoms with E-state index in [0.29, 0.717) is 6.04 Å². The minimum Gasteiger partial charge on any atom is -0.310 e. The molecule has 0 heterocycles. The molecule has 0 radical (unpaired) electrons. The van der Waals surface area contributed by atoms with E-state index in [2.05, 4.69) is 91.1 Å². The van der Waals surface area contributed by atoms with E-state index in [4.69, 9.17) is 0 Å². The highest BCUT2D eigenvalue weighted by Gasteiger charge is 2.15. The maximum atomic E-state index is 3.64. The van der Waals surface area contributed by atoms with Crippen LogP contribution in [0.2, 0.25) is 0 Å². The minimum absolute atomic E-state index is 0.384. The zero-order valence-electron chi connectivity index (χ0n) is 13.1. The Hall–Kier alpha value is -0.870. The van der Waals surface area contributed by atoms with Crippen molar-refractivity contribution in [2.45, 2.75) is 39.7 Å². The van der Waals surface area contributed by atoms with Gasteiger partial charge in [0.25, 0.3) is 0 Å². The largest absolute Gasteiger partial charge is 0.310 e. The van der Waals surface area contributed by atoms with Crippen molar-refractivity contribution in [3.05, 3.63) is 68.3 Å². The standard InChI is InChI=1S/C19H24IN/c1-4-15-9-11-16(12-10-15)13-18(21-5-2)17-8-6-7-14(3)19(17)20/h6-12,18,21H,4-5,13H2,1-3H3. The number of hydrogen-bond donors (Lipinski definition) is 1. The zero-order chi connectivity index (χ0) is 15.2. The summed E-state index contributed by atoms with van der Waals surface area (Å²) in [6.45, 7) is 7.55. The van der Waals surface area contributed by atoms with Crippen molar-refractivity contribution in [2.75, 3.05) is 6.54 Å². The molecule has 1 nitrogen and oxygen atoms in total. The summed E-state index contributed by atoms with van der Waals surface area (Å²) in [6, 6.07) is 16.0. The molecule has 0 aromatic heterocycles. The third kappa shape index (κ3) is 4.30. The lowest BCUT2D eigenvalue weighted by atomic mass is 9.96. The Morgan fingerprint density at radius 2 is 1.67 bits per heavy atom. The van der Waals surface area contributed by atoms with Gasteiger partial charge < -0.3 is 5.32 Å². The molecule has 0 bridgehead atoms. The van der Waals surface area contributed by atoms with Gasteiger partial charge in [0, 0.05) is 9.61 Å². The van der Waals surface area contributed by atoms with Gasteiger partial charge >= 0.3 is 0 Å². The molecule has 0 saturated carbocycles. The minimum atomic E-state index is 0.384. The molecule has 1 N–H and O–H groups in total. The second-order valence-corrected chi connectivity index (χ2v) is 6.54. The van der Waals surface area contributed by atoms with E-state index in [1.54, 1.807) is 0 Å². The van der Waals surface area contributed by atoms with E-state index >= 15 is 0 Å². The first-order valence-electron chi connectivity index (χ1n) is 7.71. The van der Waals surface area contributed by atoms with Gasteiger partial charge in [-0.2, -0.15) is 0 Å². The lowest BCUT2D eigenvalue weighted by Crippen LogP contribution is -2.24. The number of nitrogens with one attached hydrogen (secondary N) is 1. The van der Waals surface area contributed by atoms with E-state index in [0.717, 1.165) is 19.4 Å². The average molecular weight is 393 g/mol. The molecular weight excluding hydrogens is 369 g/mol. The Morgan fingerprint density at radius 1 is 1.00 bits per heavy atom. The number of rotatable bonds is 6. The molecule has 2 aromatic rings. The molecule has 2 aromatic carbocycles. The fourth-order valence-corrected chi connectivity index (χ4v) is 3.36. The van der Waals surface area contributed by atoms with Crippen molar-refractivity contribution >= 4 is 22.6 Å². The maximum absolute atomic E-state index is 3.64. The summed E-state index contributed by atoms with van der Waals surface area (Å²) in [7, 11) is 0. The summed E-state index contributed by atoms with van der Waals surface area (Å²) in [6.07, 6.45) is 2.14. The third-order valence-corrected chi connectivity index (χ3v) is 5.39. The molecule has 0 aliphatic rings. The predicted octanol–water partition coefficient (Wildman–Crippen LogP) is 5.06. The van der Waals surface area contributed by atoms with Crippen molar-refractivity contribution in [1.29, 1.82) is 0 Å². The Kier molecular flexibility index (Phi) is 6.24. The summed E-state index contributed by atoms with van der Waals surface area (Å²) >= 11 is 2.47. The quantitative estimate of drug-likeness (QED) is 0.677. The Labute approximate surface area is 142 Å².